The molecule has 0 bridgehead atoms. The first-order valence-corrected chi connectivity index (χ1v) is 7.05. The number of rotatable bonds is 5. The molecule has 0 radical (unpaired) electrons. The van der Waals surface area contributed by atoms with Crippen LogP contribution in [-0.2, 0) is 6.54 Å². The Labute approximate surface area is 104 Å². The Kier molecular flexibility index (Phi) is 4.04. The monoisotopic (exact) mass is 253 g/mol. The van der Waals surface area contributed by atoms with Gasteiger partial charge in [0.05, 0.1) is 16.1 Å². The minimum Gasteiger partial charge on any atom is -0.310 e. The van der Waals surface area contributed by atoms with Crippen LogP contribution < -0.4 is 5.32 Å². The van der Waals surface area contributed by atoms with Crippen molar-refractivity contribution in [3.63, 3.8) is 0 Å². The standard InChI is InChI=1S/C11H15N3S2/c1-8(2)3-12-5-11-14-9(6-15-11)10-4-13-7-16-10/h4,6-8,12H,3,5H2,1-2H3. The Bertz CT molecular complexity index is 420. The smallest absolute Gasteiger partial charge is 0.107 e. The summed E-state index contributed by atoms with van der Waals surface area (Å²) in [5.74, 6) is 0.681. The summed E-state index contributed by atoms with van der Waals surface area (Å²) in [4.78, 5) is 9.78. The summed E-state index contributed by atoms with van der Waals surface area (Å²) < 4.78 is 0. The van der Waals surface area contributed by atoms with Crippen molar-refractivity contribution in [2.75, 3.05) is 6.54 Å². The van der Waals surface area contributed by atoms with Crippen LogP contribution in [-0.4, -0.2) is 16.5 Å². The Morgan fingerprint density at radius 3 is 2.94 bits per heavy atom. The van der Waals surface area contributed by atoms with Crippen LogP contribution in [0.2, 0.25) is 0 Å². The fourth-order valence-electron chi connectivity index (χ4n) is 1.32. The third-order valence-electron chi connectivity index (χ3n) is 2.07. The van der Waals surface area contributed by atoms with Crippen molar-refractivity contribution in [1.29, 1.82) is 0 Å². The molecule has 2 heterocycles. The molecule has 2 aromatic rings. The normalized spacial score (nSPS) is 11.2. The molecule has 5 heteroatoms. The Morgan fingerprint density at radius 1 is 1.38 bits per heavy atom. The lowest BCUT2D eigenvalue weighted by atomic mass is 10.2. The van der Waals surface area contributed by atoms with Crippen LogP contribution >= 0.6 is 22.7 Å². The number of aromatic nitrogens is 2. The van der Waals surface area contributed by atoms with E-state index in [-0.39, 0.29) is 0 Å². The predicted molar refractivity (Wildman–Crippen MR) is 69.8 cm³/mol. The van der Waals surface area contributed by atoms with Gasteiger partial charge in [0.2, 0.25) is 0 Å². The van der Waals surface area contributed by atoms with Crippen molar-refractivity contribution in [3.05, 3.63) is 22.1 Å². The molecule has 0 fully saturated rings. The Balaban J connectivity index is 1.93. The van der Waals surface area contributed by atoms with Gasteiger partial charge in [-0.2, -0.15) is 0 Å². The molecule has 0 amide bonds. The molecule has 0 aromatic carbocycles. The lowest BCUT2D eigenvalue weighted by molar-refractivity contribution is 0.551. The summed E-state index contributed by atoms with van der Waals surface area (Å²) in [6.45, 7) is 6.31. The van der Waals surface area contributed by atoms with Gasteiger partial charge in [-0.25, -0.2) is 4.98 Å². The number of nitrogens with one attached hydrogen (secondary N) is 1. The largest absolute Gasteiger partial charge is 0.310 e. The fourth-order valence-corrected chi connectivity index (χ4v) is 2.74. The molecule has 16 heavy (non-hydrogen) atoms. The van der Waals surface area contributed by atoms with Crippen molar-refractivity contribution >= 4 is 22.7 Å². The average molecular weight is 253 g/mol. The van der Waals surface area contributed by atoms with E-state index in [9.17, 15) is 0 Å². The van der Waals surface area contributed by atoms with Crippen LogP contribution in [0.4, 0.5) is 0 Å². The van der Waals surface area contributed by atoms with Crippen LogP contribution in [0.1, 0.15) is 18.9 Å². The Morgan fingerprint density at radius 2 is 2.25 bits per heavy atom. The molecule has 0 unspecified atom stereocenters. The van der Waals surface area contributed by atoms with E-state index < -0.39 is 0 Å². The topological polar surface area (TPSA) is 37.8 Å². The maximum atomic E-state index is 4.58. The second-order valence-corrected chi connectivity index (χ2v) is 5.85. The number of hydrogen-bond donors (Lipinski definition) is 1. The molecule has 0 aliphatic rings. The van der Waals surface area contributed by atoms with E-state index in [4.69, 9.17) is 0 Å². The van der Waals surface area contributed by atoms with Gasteiger partial charge < -0.3 is 5.32 Å². The third-order valence-corrected chi connectivity index (χ3v) is 3.71. The highest BCUT2D eigenvalue weighted by Gasteiger charge is 2.05. The van der Waals surface area contributed by atoms with Crippen LogP contribution in [0.3, 0.4) is 0 Å². The maximum Gasteiger partial charge on any atom is 0.107 e. The van der Waals surface area contributed by atoms with Gasteiger partial charge in [-0.15, -0.1) is 22.7 Å². The summed E-state index contributed by atoms with van der Waals surface area (Å²) in [7, 11) is 0. The van der Waals surface area contributed by atoms with Gasteiger partial charge in [0.15, 0.2) is 0 Å². The van der Waals surface area contributed by atoms with Gasteiger partial charge in [-0.05, 0) is 12.5 Å². The number of nitrogens with zero attached hydrogens (tertiary/aromatic N) is 2. The predicted octanol–water partition coefficient (Wildman–Crippen LogP) is 3.01. The second-order valence-electron chi connectivity index (χ2n) is 4.02. The van der Waals surface area contributed by atoms with Crippen molar-refractivity contribution < 1.29 is 0 Å². The Hall–Kier alpha value is -0.780. The van der Waals surface area contributed by atoms with Crippen molar-refractivity contribution in [2.45, 2.75) is 20.4 Å². The van der Waals surface area contributed by atoms with Gasteiger partial charge in [0.1, 0.15) is 5.01 Å². The fraction of sp³-hybridized carbons (Fsp3) is 0.455. The van der Waals surface area contributed by atoms with Gasteiger partial charge in [-0.1, -0.05) is 13.8 Å². The van der Waals surface area contributed by atoms with Crippen molar-refractivity contribution in [2.24, 2.45) is 5.92 Å². The summed E-state index contributed by atoms with van der Waals surface area (Å²) in [5, 5.41) is 6.64. The lowest BCUT2D eigenvalue weighted by Crippen LogP contribution is -2.18. The molecule has 0 saturated heterocycles. The molecular weight excluding hydrogens is 238 g/mol. The molecule has 0 aliphatic carbocycles. The van der Waals surface area contributed by atoms with E-state index in [0.717, 1.165) is 28.7 Å². The molecule has 2 aromatic heterocycles. The van der Waals surface area contributed by atoms with Crippen LogP contribution in [0, 0.1) is 5.92 Å². The zero-order valence-electron chi connectivity index (χ0n) is 9.43. The molecule has 86 valence electrons. The van der Waals surface area contributed by atoms with Gasteiger partial charge in [0.25, 0.3) is 0 Å². The van der Waals surface area contributed by atoms with Crippen LogP contribution in [0.25, 0.3) is 10.6 Å². The van der Waals surface area contributed by atoms with E-state index in [1.165, 1.54) is 0 Å². The van der Waals surface area contributed by atoms with E-state index in [1.54, 1.807) is 22.7 Å². The molecule has 0 aliphatic heterocycles. The zero-order chi connectivity index (χ0) is 11.4. The highest BCUT2D eigenvalue weighted by Crippen LogP contribution is 2.24. The first kappa shape index (κ1) is 11.7. The summed E-state index contributed by atoms with van der Waals surface area (Å²) in [6, 6.07) is 0. The number of thiazole rings is 2. The van der Waals surface area contributed by atoms with Gasteiger partial charge >= 0.3 is 0 Å². The van der Waals surface area contributed by atoms with Crippen LogP contribution in [0.5, 0.6) is 0 Å². The van der Waals surface area contributed by atoms with E-state index in [1.807, 2.05) is 11.7 Å². The minimum atomic E-state index is 0.681. The zero-order valence-corrected chi connectivity index (χ0v) is 11.1. The highest BCUT2D eigenvalue weighted by molar-refractivity contribution is 7.14. The SMILES string of the molecule is CC(C)CNCc1nc(-c2cncs2)cs1. The highest BCUT2D eigenvalue weighted by atomic mass is 32.1. The third kappa shape index (κ3) is 3.10. The van der Waals surface area contributed by atoms with Gasteiger partial charge in [-0.3, -0.25) is 4.98 Å². The van der Waals surface area contributed by atoms with Gasteiger partial charge in [0, 0.05) is 18.1 Å². The average Bonchev–Trinajstić information content (AvgIpc) is 2.85. The summed E-state index contributed by atoms with van der Waals surface area (Å²) >= 11 is 3.34. The van der Waals surface area contributed by atoms with Crippen molar-refractivity contribution in [1.82, 2.24) is 15.3 Å². The van der Waals surface area contributed by atoms with Crippen LogP contribution in [0.15, 0.2) is 17.1 Å². The minimum absolute atomic E-state index is 0.681. The van der Waals surface area contributed by atoms with E-state index >= 15 is 0 Å². The molecule has 1 N–H and O–H groups in total. The quantitative estimate of drug-likeness (QED) is 0.890. The molecule has 2 rings (SSSR count). The summed E-state index contributed by atoms with van der Waals surface area (Å²) in [5.41, 5.74) is 2.89. The molecule has 0 spiro atoms. The maximum absolute atomic E-state index is 4.58. The van der Waals surface area contributed by atoms with Crippen molar-refractivity contribution in [3.8, 4) is 10.6 Å². The molecular formula is C11H15N3S2. The molecule has 3 nitrogen and oxygen atoms in total. The molecule has 0 saturated carbocycles. The number of hydrogen-bond acceptors (Lipinski definition) is 5. The second kappa shape index (κ2) is 5.52. The van der Waals surface area contributed by atoms with E-state index in [2.05, 4.69) is 34.5 Å². The first-order valence-electron chi connectivity index (χ1n) is 5.29. The summed E-state index contributed by atoms with van der Waals surface area (Å²) in [6.07, 6.45) is 1.87. The molecule has 0 atom stereocenters. The lowest BCUT2D eigenvalue weighted by Gasteiger charge is -2.04. The van der Waals surface area contributed by atoms with E-state index in [0.29, 0.717) is 5.92 Å². The first-order chi connectivity index (χ1) is 7.75.